The molecule has 0 fully saturated rings. The minimum atomic E-state index is -4.45. The van der Waals surface area contributed by atoms with Gasteiger partial charge in [0.15, 0.2) is 6.61 Å². The fraction of sp³-hybridized carbons (Fsp3) is 0.833. The van der Waals surface area contributed by atoms with Gasteiger partial charge in [-0.05, 0) is 6.92 Å². The number of ether oxygens (including phenoxy) is 1. The summed E-state index contributed by atoms with van der Waals surface area (Å²) in [5, 5.41) is 0. The van der Waals surface area contributed by atoms with Gasteiger partial charge in [-0.3, -0.25) is 0 Å². The summed E-state index contributed by atoms with van der Waals surface area (Å²) < 4.78 is 38.4. The van der Waals surface area contributed by atoms with Crippen molar-refractivity contribution < 1.29 is 22.7 Å². The number of hydrogen-bond donors (Lipinski definition) is 0. The molecule has 0 N–H and O–H groups in total. The van der Waals surface area contributed by atoms with Crippen molar-refractivity contribution in [3.05, 3.63) is 0 Å². The van der Waals surface area contributed by atoms with Gasteiger partial charge < -0.3 is 9.64 Å². The van der Waals surface area contributed by atoms with Crippen LogP contribution in [0.3, 0.4) is 0 Å². The van der Waals surface area contributed by atoms with Crippen LogP contribution in [-0.2, 0) is 4.74 Å². The van der Waals surface area contributed by atoms with Crippen molar-refractivity contribution in [2.45, 2.75) is 13.1 Å². The van der Waals surface area contributed by atoms with Crippen molar-refractivity contribution in [1.29, 1.82) is 0 Å². The molecule has 0 aromatic carbocycles. The van der Waals surface area contributed by atoms with Crippen LogP contribution >= 0.6 is 0 Å². The highest BCUT2D eigenvalue weighted by Gasteiger charge is 2.30. The zero-order valence-corrected chi connectivity index (χ0v) is 6.81. The van der Waals surface area contributed by atoms with Crippen LogP contribution < -0.4 is 0 Å². The number of carbonyl (C=O) groups excluding carboxylic acids is 1. The Morgan fingerprint density at radius 1 is 1.50 bits per heavy atom. The molecule has 0 aliphatic rings. The average Bonchev–Trinajstić information content (AvgIpc) is 1.97. The molecule has 0 aromatic heterocycles. The summed E-state index contributed by atoms with van der Waals surface area (Å²) in [4.78, 5) is 11.7. The SMILES string of the molecule is CCN(C)C(=O)OCC(F)(F)F. The Labute approximate surface area is 68.1 Å². The molecule has 0 saturated heterocycles. The third-order valence-electron chi connectivity index (χ3n) is 1.15. The number of halogens is 3. The van der Waals surface area contributed by atoms with Crippen molar-refractivity contribution in [1.82, 2.24) is 4.90 Å². The van der Waals surface area contributed by atoms with Gasteiger partial charge in [-0.2, -0.15) is 13.2 Å². The fourth-order valence-corrected chi connectivity index (χ4v) is 0.383. The van der Waals surface area contributed by atoms with Gasteiger partial charge in [-0.1, -0.05) is 0 Å². The quantitative estimate of drug-likeness (QED) is 0.654. The van der Waals surface area contributed by atoms with Gasteiger partial charge in [0.1, 0.15) is 0 Å². The first-order valence-electron chi connectivity index (χ1n) is 3.31. The number of rotatable bonds is 2. The Morgan fingerprint density at radius 3 is 2.33 bits per heavy atom. The predicted molar refractivity (Wildman–Crippen MR) is 35.7 cm³/mol. The van der Waals surface area contributed by atoms with Crippen molar-refractivity contribution in [3.63, 3.8) is 0 Å². The molecule has 0 rings (SSSR count). The van der Waals surface area contributed by atoms with Crippen LogP contribution in [0, 0.1) is 0 Å². The van der Waals surface area contributed by atoms with Crippen LogP contribution in [0.15, 0.2) is 0 Å². The van der Waals surface area contributed by atoms with E-state index < -0.39 is 18.9 Å². The number of carbonyl (C=O) groups is 1. The van der Waals surface area contributed by atoms with E-state index >= 15 is 0 Å². The highest BCUT2D eigenvalue weighted by atomic mass is 19.4. The van der Waals surface area contributed by atoms with Crippen molar-refractivity contribution in [3.8, 4) is 0 Å². The normalized spacial score (nSPS) is 11.1. The molecular formula is C6H10F3NO2. The standard InChI is InChI=1S/C6H10F3NO2/c1-3-10(2)5(11)12-4-6(7,8)9/h3-4H2,1-2H3. The number of amides is 1. The van der Waals surface area contributed by atoms with E-state index in [9.17, 15) is 18.0 Å². The number of alkyl halides is 3. The van der Waals surface area contributed by atoms with Crippen LogP contribution in [0.4, 0.5) is 18.0 Å². The third kappa shape index (κ3) is 4.81. The molecule has 0 atom stereocenters. The molecule has 12 heavy (non-hydrogen) atoms. The molecule has 1 amide bonds. The topological polar surface area (TPSA) is 29.5 Å². The van der Waals surface area contributed by atoms with E-state index in [1.54, 1.807) is 6.92 Å². The van der Waals surface area contributed by atoms with Crippen LogP contribution in [0.2, 0.25) is 0 Å². The highest BCUT2D eigenvalue weighted by molar-refractivity contribution is 5.67. The Balaban J connectivity index is 3.72. The van der Waals surface area contributed by atoms with Crippen LogP contribution in [0.1, 0.15) is 6.92 Å². The molecule has 72 valence electrons. The summed E-state index contributed by atoms with van der Waals surface area (Å²) in [6.07, 6.45) is -5.42. The maximum absolute atomic E-state index is 11.5. The van der Waals surface area contributed by atoms with E-state index in [1.165, 1.54) is 7.05 Å². The molecule has 0 heterocycles. The number of nitrogens with zero attached hydrogens (tertiary/aromatic N) is 1. The Hall–Kier alpha value is -0.940. The van der Waals surface area contributed by atoms with E-state index in [-0.39, 0.29) is 0 Å². The lowest BCUT2D eigenvalue weighted by molar-refractivity contribution is -0.162. The largest absolute Gasteiger partial charge is 0.440 e. The van der Waals surface area contributed by atoms with Crippen molar-refractivity contribution >= 4 is 6.09 Å². The van der Waals surface area contributed by atoms with Crippen LogP contribution in [0.5, 0.6) is 0 Å². The predicted octanol–water partition coefficient (Wildman–Crippen LogP) is 1.64. The monoisotopic (exact) mass is 185 g/mol. The lowest BCUT2D eigenvalue weighted by Gasteiger charge is -2.15. The second-order valence-electron chi connectivity index (χ2n) is 2.18. The Kier molecular flexibility index (Phi) is 3.85. The Morgan fingerprint density at radius 2 is 2.00 bits per heavy atom. The van der Waals surface area contributed by atoms with Gasteiger partial charge in [-0.15, -0.1) is 0 Å². The highest BCUT2D eigenvalue weighted by Crippen LogP contribution is 2.14. The maximum atomic E-state index is 11.5. The molecule has 0 spiro atoms. The zero-order valence-electron chi connectivity index (χ0n) is 6.81. The Bertz CT molecular complexity index is 157. The first-order chi connectivity index (χ1) is 5.37. The summed E-state index contributed by atoms with van der Waals surface area (Å²) in [6, 6.07) is 0. The molecule has 0 bridgehead atoms. The fourth-order valence-electron chi connectivity index (χ4n) is 0.383. The van der Waals surface area contributed by atoms with E-state index in [4.69, 9.17) is 0 Å². The summed E-state index contributed by atoms with van der Waals surface area (Å²) in [6.45, 7) is 0.418. The van der Waals surface area contributed by atoms with E-state index in [0.717, 1.165) is 4.90 Å². The second-order valence-corrected chi connectivity index (χ2v) is 2.18. The van der Waals surface area contributed by atoms with E-state index in [2.05, 4.69) is 4.74 Å². The molecule has 6 heteroatoms. The minimum Gasteiger partial charge on any atom is -0.440 e. The summed E-state index contributed by atoms with van der Waals surface area (Å²) >= 11 is 0. The van der Waals surface area contributed by atoms with Gasteiger partial charge in [-0.25, -0.2) is 4.79 Å². The van der Waals surface area contributed by atoms with Gasteiger partial charge in [0.25, 0.3) is 0 Å². The smallest absolute Gasteiger partial charge is 0.422 e. The molecule has 0 unspecified atom stereocenters. The maximum Gasteiger partial charge on any atom is 0.422 e. The number of hydrogen-bond acceptors (Lipinski definition) is 2. The van der Waals surface area contributed by atoms with Crippen molar-refractivity contribution in [2.75, 3.05) is 20.2 Å². The van der Waals surface area contributed by atoms with Crippen molar-refractivity contribution in [2.24, 2.45) is 0 Å². The molecule has 0 aromatic rings. The lowest BCUT2D eigenvalue weighted by Crippen LogP contribution is -2.30. The van der Waals surface area contributed by atoms with Gasteiger partial charge in [0.05, 0.1) is 0 Å². The summed E-state index contributed by atoms with van der Waals surface area (Å²) in [7, 11) is 1.36. The molecule has 3 nitrogen and oxygen atoms in total. The molecular weight excluding hydrogens is 175 g/mol. The van der Waals surface area contributed by atoms with E-state index in [1.807, 2.05) is 0 Å². The average molecular weight is 185 g/mol. The first-order valence-corrected chi connectivity index (χ1v) is 3.31. The second kappa shape index (κ2) is 4.18. The van der Waals surface area contributed by atoms with Gasteiger partial charge in [0.2, 0.25) is 0 Å². The summed E-state index contributed by atoms with van der Waals surface area (Å²) in [5.74, 6) is 0. The lowest BCUT2D eigenvalue weighted by atomic mass is 10.6. The summed E-state index contributed by atoms with van der Waals surface area (Å²) in [5.41, 5.74) is 0. The van der Waals surface area contributed by atoms with Gasteiger partial charge >= 0.3 is 12.3 Å². The minimum absolute atomic E-state index is 0.316. The van der Waals surface area contributed by atoms with E-state index in [0.29, 0.717) is 6.54 Å². The first kappa shape index (κ1) is 11.1. The zero-order chi connectivity index (χ0) is 9.78. The molecule has 0 aliphatic carbocycles. The third-order valence-corrected chi connectivity index (χ3v) is 1.15. The molecule has 0 radical (unpaired) electrons. The van der Waals surface area contributed by atoms with Crippen LogP contribution in [0.25, 0.3) is 0 Å². The van der Waals surface area contributed by atoms with Gasteiger partial charge in [0, 0.05) is 13.6 Å². The molecule has 0 saturated carbocycles. The van der Waals surface area contributed by atoms with Crippen LogP contribution in [-0.4, -0.2) is 37.4 Å². The molecule has 0 aliphatic heterocycles.